The first kappa shape index (κ1) is 15.8. The summed E-state index contributed by atoms with van der Waals surface area (Å²) in [6.07, 6.45) is 7.64. The van der Waals surface area contributed by atoms with Crippen molar-refractivity contribution in [3.63, 3.8) is 0 Å². The van der Waals surface area contributed by atoms with E-state index in [1.54, 1.807) is 0 Å². The van der Waals surface area contributed by atoms with Crippen LogP contribution in [-0.4, -0.2) is 16.7 Å². The number of unbranched alkanes of at least 4 members (excludes halogenated alkanes) is 1. The smallest absolute Gasteiger partial charge is 0.0483 e. The molecule has 21 heavy (non-hydrogen) atoms. The van der Waals surface area contributed by atoms with Crippen LogP contribution in [0.5, 0.6) is 0 Å². The maximum atomic E-state index is 3.81. The standard InChI is InChI=1S/C19H28N2/c1-5-6-9-14-21-15-16(12-13-20-19(2,3)4)17-10-7-8-11-18(17)21/h5,7-8,10-11,15,20H,1,6,9,12-14H2,2-4H3. The Labute approximate surface area is 128 Å². The van der Waals surface area contributed by atoms with E-state index in [1.807, 2.05) is 6.08 Å². The van der Waals surface area contributed by atoms with Gasteiger partial charge in [0.25, 0.3) is 0 Å². The summed E-state index contributed by atoms with van der Waals surface area (Å²) >= 11 is 0. The number of allylic oxidation sites excluding steroid dienone is 1. The van der Waals surface area contributed by atoms with Crippen molar-refractivity contribution < 1.29 is 0 Å². The van der Waals surface area contributed by atoms with Gasteiger partial charge in [-0.1, -0.05) is 24.3 Å². The molecule has 2 rings (SSSR count). The monoisotopic (exact) mass is 284 g/mol. The zero-order valence-electron chi connectivity index (χ0n) is 13.7. The number of benzene rings is 1. The van der Waals surface area contributed by atoms with E-state index in [0.29, 0.717) is 0 Å². The minimum atomic E-state index is 0.183. The van der Waals surface area contributed by atoms with Gasteiger partial charge in [-0.3, -0.25) is 0 Å². The van der Waals surface area contributed by atoms with Crippen molar-refractivity contribution in [2.24, 2.45) is 0 Å². The summed E-state index contributed by atoms with van der Waals surface area (Å²) in [4.78, 5) is 0. The third-order valence-corrected chi connectivity index (χ3v) is 3.73. The number of rotatable bonds is 7. The van der Waals surface area contributed by atoms with Crippen LogP contribution in [0.4, 0.5) is 0 Å². The molecule has 1 N–H and O–H groups in total. The van der Waals surface area contributed by atoms with Gasteiger partial charge in [-0.05, 0) is 58.2 Å². The van der Waals surface area contributed by atoms with E-state index in [4.69, 9.17) is 0 Å². The second-order valence-corrected chi connectivity index (χ2v) is 6.72. The minimum absolute atomic E-state index is 0.183. The number of aryl methyl sites for hydroxylation is 1. The van der Waals surface area contributed by atoms with Crippen LogP contribution in [0, 0.1) is 0 Å². The third-order valence-electron chi connectivity index (χ3n) is 3.73. The highest BCUT2D eigenvalue weighted by molar-refractivity contribution is 5.84. The number of nitrogens with one attached hydrogen (secondary N) is 1. The van der Waals surface area contributed by atoms with E-state index >= 15 is 0 Å². The summed E-state index contributed by atoms with van der Waals surface area (Å²) < 4.78 is 2.39. The summed E-state index contributed by atoms with van der Waals surface area (Å²) in [6, 6.07) is 8.73. The topological polar surface area (TPSA) is 17.0 Å². The Balaban J connectivity index is 2.13. The molecule has 0 fully saturated rings. The highest BCUT2D eigenvalue weighted by Gasteiger charge is 2.11. The van der Waals surface area contributed by atoms with Gasteiger partial charge >= 0.3 is 0 Å². The van der Waals surface area contributed by atoms with Gasteiger partial charge in [0.1, 0.15) is 0 Å². The van der Waals surface area contributed by atoms with Crippen molar-refractivity contribution in [1.82, 2.24) is 9.88 Å². The number of aromatic nitrogens is 1. The Morgan fingerprint density at radius 2 is 2.00 bits per heavy atom. The van der Waals surface area contributed by atoms with Crippen molar-refractivity contribution in [3.05, 3.63) is 48.7 Å². The van der Waals surface area contributed by atoms with Crippen LogP contribution < -0.4 is 5.32 Å². The molecule has 2 nitrogen and oxygen atoms in total. The Morgan fingerprint density at radius 1 is 1.24 bits per heavy atom. The van der Waals surface area contributed by atoms with Crippen molar-refractivity contribution in [2.75, 3.05) is 6.54 Å². The SMILES string of the molecule is C=CCCCn1cc(CCNC(C)(C)C)c2ccccc21. The summed E-state index contributed by atoms with van der Waals surface area (Å²) in [7, 11) is 0. The maximum absolute atomic E-state index is 3.81. The van der Waals surface area contributed by atoms with Crippen molar-refractivity contribution in [1.29, 1.82) is 0 Å². The van der Waals surface area contributed by atoms with Crippen molar-refractivity contribution in [2.45, 2.75) is 52.1 Å². The third kappa shape index (κ3) is 4.47. The molecule has 0 aliphatic carbocycles. The van der Waals surface area contributed by atoms with Crippen molar-refractivity contribution >= 4 is 10.9 Å². The first-order chi connectivity index (χ1) is 10.0. The Morgan fingerprint density at radius 3 is 2.71 bits per heavy atom. The molecule has 0 spiro atoms. The molecule has 0 aliphatic heterocycles. The summed E-state index contributed by atoms with van der Waals surface area (Å²) in [5, 5.41) is 4.97. The van der Waals surface area contributed by atoms with Crippen LogP contribution in [0.25, 0.3) is 10.9 Å². The largest absolute Gasteiger partial charge is 0.347 e. The molecule has 0 amide bonds. The lowest BCUT2D eigenvalue weighted by molar-refractivity contribution is 0.429. The number of hydrogen-bond donors (Lipinski definition) is 1. The van der Waals surface area contributed by atoms with E-state index < -0.39 is 0 Å². The molecule has 0 unspecified atom stereocenters. The molecule has 0 saturated carbocycles. The Hall–Kier alpha value is -1.54. The molecule has 1 aromatic heterocycles. The van der Waals surface area contributed by atoms with E-state index in [1.165, 1.54) is 16.5 Å². The quantitative estimate of drug-likeness (QED) is 0.583. The predicted octanol–water partition coefficient (Wildman–Crippen LogP) is 4.54. The fourth-order valence-corrected chi connectivity index (χ4v) is 2.69. The average molecular weight is 284 g/mol. The predicted molar refractivity (Wildman–Crippen MR) is 92.8 cm³/mol. The molecule has 114 valence electrons. The fraction of sp³-hybridized carbons (Fsp3) is 0.474. The second-order valence-electron chi connectivity index (χ2n) is 6.72. The summed E-state index contributed by atoms with van der Waals surface area (Å²) in [5.41, 5.74) is 2.98. The molecule has 1 aromatic carbocycles. The van der Waals surface area contributed by atoms with E-state index in [2.05, 4.69) is 67.7 Å². The lowest BCUT2D eigenvalue weighted by atomic mass is 10.1. The highest BCUT2D eigenvalue weighted by atomic mass is 15.0. The average Bonchev–Trinajstić information content (AvgIpc) is 2.77. The molecule has 0 aliphatic rings. The van der Waals surface area contributed by atoms with Crippen LogP contribution in [0.15, 0.2) is 43.1 Å². The normalized spacial score (nSPS) is 12.0. The first-order valence-electron chi connectivity index (χ1n) is 7.94. The van der Waals surface area contributed by atoms with Gasteiger partial charge in [0, 0.05) is 29.2 Å². The number of para-hydroxylation sites is 1. The number of hydrogen-bond acceptors (Lipinski definition) is 1. The Bertz CT molecular complexity index is 587. The lowest BCUT2D eigenvalue weighted by Gasteiger charge is -2.20. The number of fused-ring (bicyclic) bond motifs is 1. The zero-order valence-corrected chi connectivity index (χ0v) is 13.7. The molecule has 0 saturated heterocycles. The van der Waals surface area contributed by atoms with Gasteiger partial charge in [-0.2, -0.15) is 0 Å². The molecule has 1 heterocycles. The van der Waals surface area contributed by atoms with E-state index in [-0.39, 0.29) is 5.54 Å². The Kier molecular flexibility index (Phi) is 5.24. The lowest BCUT2D eigenvalue weighted by Crippen LogP contribution is -2.37. The van der Waals surface area contributed by atoms with Gasteiger partial charge < -0.3 is 9.88 Å². The van der Waals surface area contributed by atoms with Crippen LogP contribution in [0.3, 0.4) is 0 Å². The molecule has 2 heteroatoms. The summed E-state index contributed by atoms with van der Waals surface area (Å²) in [6.45, 7) is 12.5. The van der Waals surface area contributed by atoms with Crippen LogP contribution in [0.1, 0.15) is 39.2 Å². The van der Waals surface area contributed by atoms with Gasteiger partial charge in [0.15, 0.2) is 0 Å². The fourth-order valence-electron chi connectivity index (χ4n) is 2.69. The number of nitrogens with zero attached hydrogens (tertiary/aromatic N) is 1. The molecule has 0 atom stereocenters. The van der Waals surface area contributed by atoms with Crippen LogP contribution in [0.2, 0.25) is 0 Å². The maximum Gasteiger partial charge on any atom is 0.0483 e. The molecule has 2 aromatic rings. The summed E-state index contributed by atoms with van der Waals surface area (Å²) in [5.74, 6) is 0. The van der Waals surface area contributed by atoms with Gasteiger partial charge in [-0.25, -0.2) is 0 Å². The minimum Gasteiger partial charge on any atom is -0.347 e. The van der Waals surface area contributed by atoms with Gasteiger partial charge in [-0.15, -0.1) is 6.58 Å². The molecular formula is C19H28N2. The first-order valence-corrected chi connectivity index (χ1v) is 7.94. The van der Waals surface area contributed by atoms with E-state index in [0.717, 1.165) is 32.4 Å². The van der Waals surface area contributed by atoms with Crippen molar-refractivity contribution in [3.8, 4) is 0 Å². The molecule has 0 bridgehead atoms. The second kappa shape index (κ2) is 6.95. The van der Waals surface area contributed by atoms with E-state index in [9.17, 15) is 0 Å². The van der Waals surface area contributed by atoms with Gasteiger partial charge in [0.2, 0.25) is 0 Å². The van der Waals surface area contributed by atoms with Gasteiger partial charge in [0.05, 0.1) is 0 Å². The zero-order chi connectivity index (χ0) is 15.3. The van der Waals surface area contributed by atoms with Crippen LogP contribution in [-0.2, 0) is 13.0 Å². The highest BCUT2D eigenvalue weighted by Crippen LogP contribution is 2.22. The molecular weight excluding hydrogens is 256 g/mol. The molecule has 0 radical (unpaired) electrons. The van der Waals surface area contributed by atoms with Crippen LogP contribution >= 0.6 is 0 Å².